The average Bonchev–Trinajstić information content (AvgIpc) is 2.53. The van der Waals surface area contributed by atoms with Gasteiger partial charge in [-0.25, -0.2) is 0 Å². The summed E-state index contributed by atoms with van der Waals surface area (Å²) in [6, 6.07) is 16.2. The predicted molar refractivity (Wildman–Crippen MR) is 76.7 cm³/mol. The van der Waals surface area contributed by atoms with Gasteiger partial charge in [0.2, 0.25) is 0 Å². The molecule has 0 aromatic heterocycles. The van der Waals surface area contributed by atoms with Gasteiger partial charge in [-0.05, 0) is 12.5 Å². The Morgan fingerprint density at radius 3 is 2.00 bits per heavy atom. The second-order valence-electron chi connectivity index (χ2n) is 4.56. The van der Waals surface area contributed by atoms with Gasteiger partial charge in [-0.15, -0.1) is 0 Å². The Morgan fingerprint density at radius 2 is 1.45 bits per heavy atom. The van der Waals surface area contributed by atoms with E-state index >= 15 is 0 Å². The number of methoxy groups -OCH3 is 1. The SMILES string of the molecule is COC(=O)C(C)c1ccc(C(=O)c2ccccc2)cc1. The summed E-state index contributed by atoms with van der Waals surface area (Å²) in [6.45, 7) is 1.78. The summed E-state index contributed by atoms with van der Waals surface area (Å²) >= 11 is 0. The van der Waals surface area contributed by atoms with Crippen molar-refractivity contribution in [2.75, 3.05) is 7.11 Å². The van der Waals surface area contributed by atoms with Crippen molar-refractivity contribution < 1.29 is 14.3 Å². The molecule has 2 aromatic carbocycles. The van der Waals surface area contributed by atoms with Crippen LogP contribution in [0.3, 0.4) is 0 Å². The van der Waals surface area contributed by atoms with Crippen LogP contribution in [0, 0.1) is 0 Å². The molecule has 0 fully saturated rings. The molecule has 0 bridgehead atoms. The van der Waals surface area contributed by atoms with Gasteiger partial charge in [0.1, 0.15) is 0 Å². The Hall–Kier alpha value is -2.42. The molecule has 0 heterocycles. The van der Waals surface area contributed by atoms with Crippen LogP contribution in [0.5, 0.6) is 0 Å². The van der Waals surface area contributed by atoms with Gasteiger partial charge in [0.15, 0.2) is 5.78 Å². The highest BCUT2D eigenvalue weighted by Crippen LogP contribution is 2.18. The van der Waals surface area contributed by atoms with Crippen molar-refractivity contribution in [2.24, 2.45) is 0 Å². The first-order valence-electron chi connectivity index (χ1n) is 6.41. The maximum absolute atomic E-state index is 12.2. The van der Waals surface area contributed by atoms with Gasteiger partial charge < -0.3 is 4.74 Å². The van der Waals surface area contributed by atoms with Crippen molar-refractivity contribution in [3.63, 3.8) is 0 Å². The van der Waals surface area contributed by atoms with Crippen molar-refractivity contribution in [1.82, 2.24) is 0 Å². The molecule has 1 atom stereocenters. The third kappa shape index (κ3) is 2.94. The van der Waals surface area contributed by atoms with Crippen LogP contribution in [-0.2, 0) is 9.53 Å². The summed E-state index contributed by atoms with van der Waals surface area (Å²) in [4.78, 5) is 23.7. The quantitative estimate of drug-likeness (QED) is 0.631. The highest BCUT2D eigenvalue weighted by molar-refractivity contribution is 6.08. The van der Waals surface area contributed by atoms with E-state index in [1.807, 2.05) is 18.2 Å². The van der Waals surface area contributed by atoms with E-state index in [2.05, 4.69) is 0 Å². The monoisotopic (exact) mass is 268 g/mol. The second-order valence-corrected chi connectivity index (χ2v) is 4.56. The van der Waals surface area contributed by atoms with Crippen molar-refractivity contribution in [3.05, 3.63) is 71.3 Å². The van der Waals surface area contributed by atoms with Gasteiger partial charge in [0.05, 0.1) is 13.0 Å². The van der Waals surface area contributed by atoms with E-state index < -0.39 is 0 Å². The first-order valence-corrected chi connectivity index (χ1v) is 6.41. The molecule has 0 radical (unpaired) electrons. The molecule has 0 spiro atoms. The molecule has 0 saturated heterocycles. The standard InChI is InChI=1S/C17H16O3/c1-12(17(19)20-2)13-8-10-15(11-9-13)16(18)14-6-4-3-5-7-14/h3-12H,1-2H3. The van der Waals surface area contributed by atoms with Crippen molar-refractivity contribution in [1.29, 1.82) is 0 Å². The van der Waals surface area contributed by atoms with Crippen LogP contribution in [0.1, 0.15) is 34.3 Å². The molecule has 0 amide bonds. The zero-order valence-electron chi connectivity index (χ0n) is 11.5. The highest BCUT2D eigenvalue weighted by Gasteiger charge is 2.16. The third-order valence-electron chi connectivity index (χ3n) is 3.26. The maximum Gasteiger partial charge on any atom is 0.312 e. The number of hydrogen-bond acceptors (Lipinski definition) is 3. The number of carbonyl (C=O) groups excluding carboxylic acids is 2. The molecule has 3 heteroatoms. The van der Waals surface area contributed by atoms with Gasteiger partial charge >= 0.3 is 5.97 Å². The van der Waals surface area contributed by atoms with Crippen LogP contribution in [0.15, 0.2) is 54.6 Å². The van der Waals surface area contributed by atoms with E-state index in [-0.39, 0.29) is 17.7 Å². The smallest absolute Gasteiger partial charge is 0.312 e. The zero-order valence-corrected chi connectivity index (χ0v) is 11.5. The molecule has 0 saturated carbocycles. The number of hydrogen-bond donors (Lipinski definition) is 0. The number of esters is 1. The molecule has 3 nitrogen and oxygen atoms in total. The molecular formula is C17H16O3. The van der Waals surface area contributed by atoms with Crippen molar-refractivity contribution in [3.8, 4) is 0 Å². The minimum atomic E-state index is -0.333. The van der Waals surface area contributed by atoms with E-state index in [1.165, 1.54) is 7.11 Å². The Balaban J connectivity index is 2.21. The Labute approximate surface area is 118 Å². The number of benzene rings is 2. The van der Waals surface area contributed by atoms with Crippen LogP contribution in [0.2, 0.25) is 0 Å². The van der Waals surface area contributed by atoms with E-state index in [9.17, 15) is 9.59 Å². The fraction of sp³-hybridized carbons (Fsp3) is 0.176. The molecule has 20 heavy (non-hydrogen) atoms. The molecule has 2 aromatic rings. The summed E-state index contributed by atoms with van der Waals surface area (Å²) in [7, 11) is 1.37. The largest absolute Gasteiger partial charge is 0.469 e. The van der Waals surface area contributed by atoms with E-state index in [4.69, 9.17) is 4.74 Å². The summed E-state index contributed by atoms with van der Waals surface area (Å²) in [5, 5.41) is 0. The Bertz CT molecular complexity index is 600. The predicted octanol–water partition coefficient (Wildman–Crippen LogP) is 3.19. The molecule has 2 rings (SSSR count). The summed E-state index contributed by atoms with van der Waals surface area (Å²) in [5.41, 5.74) is 2.10. The molecule has 0 aliphatic carbocycles. The van der Waals surface area contributed by atoms with Gasteiger partial charge in [-0.3, -0.25) is 9.59 Å². The molecule has 102 valence electrons. The number of ether oxygens (including phenoxy) is 1. The fourth-order valence-corrected chi connectivity index (χ4v) is 1.99. The van der Waals surface area contributed by atoms with E-state index in [0.29, 0.717) is 11.1 Å². The fourth-order valence-electron chi connectivity index (χ4n) is 1.99. The van der Waals surface area contributed by atoms with Crippen LogP contribution in [0.25, 0.3) is 0 Å². The number of ketones is 1. The maximum atomic E-state index is 12.2. The number of carbonyl (C=O) groups is 2. The highest BCUT2D eigenvalue weighted by atomic mass is 16.5. The molecular weight excluding hydrogens is 252 g/mol. The Kier molecular flexibility index (Phi) is 4.31. The Morgan fingerprint density at radius 1 is 0.900 bits per heavy atom. The lowest BCUT2D eigenvalue weighted by molar-refractivity contribution is -0.141. The van der Waals surface area contributed by atoms with Crippen LogP contribution >= 0.6 is 0 Å². The summed E-state index contributed by atoms with van der Waals surface area (Å²) in [6.07, 6.45) is 0. The van der Waals surface area contributed by atoms with Gasteiger partial charge in [0, 0.05) is 11.1 Å². The first kappa shape index (κ1) is 14.0. The van der Waals surface area contributed by atoms with Crippen LogP contribution < -0.4 is 0 Å². The molecule has 0 N–H and O–H groups in total. The summed E-state index contributed by atoms with van der Waals surface area (Å²) in [5.74, 6) is -0.643. The zero-order chi connectivity index (χ0) is 14.5. The van der Waals surface area contributed by atoms with Gasteiger partial charge in [-0.2, -0.15) is 0 Å². The lowest BCUT2D eigenvalue weighted by Crippen LogP contribution is -2.11. The van der Waals surface area contributed by atoms with Crippen molar-refractivity contribution in [2.45, 2.75) is 12.8 Å². The lowest BCUT2D eigenvalue weighted by Gasteiger charge is -2.10. The van der Waals surface area contributed by atoms with Crippen LogP contribution in [0.4, 0.5) is 0 Å². The minimum absolute atomic E-state index is 0.0251. The minimum Gasteiger partial charge on any atom is -0.469 e. The lowest BCUT2D eigenvalue weighted by atomic mass is 9.97. The molecule has 1 unspecified atom stereocenters. The van der Waals surface area contributed by atoms with E-state index in [0.717, 1.165) is 5.56 Å². The van der Waals surface area contributed by atoms with Gasteiger partial charge in [-0.1, -0.05) is 54.6 Å². The average molecular weight is 268 g/mol. The molecule has 0 aliphatic heterocycles. The third-order valence-corrected chi connectivity index (χ3v) is 3.26. The second kappa shape index (κ2) is 6.15. The number of rotatable bonds is 4. The summed E-state index contributed by atoms with van der Waals surface area (Å²) < 4.78 is 4.71. The molecule has 0 aliphatic rings. The topological polar surface area (TPSA) is 43.4 Å². The van der Waals surface area contributed by atoms with Crippen molar-refractivity contribution >= 4 is 11.8 Å². The van der Waals surface area contributed by atoms with E-state index in [1.54, 1.807) is 43.3 Å². The normalized spacial score (nSPS) is 11.7. The van der Waals surface area contributed by atoms with Gasteiger partial charge in [0.25, 0.3) is 0 Å². The first-order chi connectivity index (χ1) is 9.63. The van der Waals surface area contributed by atoms with Crippen LogP contribution in [-0.4, -0.2) is 18.9 Å².